The molecule has 0 bridgehead atoms. The lowest BCUT2D eigenvalue weighted by atomic mass is 10.1. The number of carboxylic acid groups (broad SMARTS) is 1. The fraction of sp³-hybridized carbons (Fsp3) is 0.917. The summed E-state index contributed by atoms with van der Waals surface area (Å²) in [6, 6.07) is 0. The maximum atomic E-state index is 10.0. The summed E-state index contributed by atoms with van der Waals surface area (Å²) in [7, 11) is 0. The van der Waals surface area contributed by atoms with Crippen molar-refractivity contribution in [3.63, 3.8) is 0 Å². The monoisotopic (exact) mass is 249 g/mol. The van der Waals surface area contributed by atoms with Crippen LogP contribution in [-0.2, 0) is 4.79 Å². The standard InChI is InChI=1S/C8H16O2.C4H11NO2/c1-2-3-4-5-6-7-8(9)10;1-3(6)5-4(2)7/h2-7H2,1H3,(H,9,10);3-7H,1-2H3. The zero-order chi connectivity index (χ0) is 13.7. The Kier molecular flexibility index (Phi) is 14.8. The van der Waals surface area contributed by atoms with Crippen molar-refractivity contribution in [1.82, 2.24) is 5.32 Å². The number of hydrogen-bond donors (Lipinski definition) is 4. The van der Waals surface area contributed by atoms with E-state index in [-0.39, 0.29) is 0 Å². The zero-order valence-electron chi connectivity index (χ0n) is 11.1. The van der Waals surface area contributed by atoms with E-state index >= 15 is 0 Å². The quantitative estimate of drug-likeness (QED) is 0.388. The number of hydrogen-bond acceptors (Lipinski definition) is 4. The first-order valence-electron chi connectivity index (χ1n) is 6.24. The molecule has 0 aliphatic carbocycles. The minimum atomic E-state index is -0.670. The van der Waals surface area contributed by atoms with Gasteiger partial charge < -0.3 is 15.3 Å². The van der Waals surface area contributed by atoms with Gasteiger partial charge in [-0.15, -0.1) is 0 Å². The molecule has 0 aromatic carbocycles. The lowest BCUT2D eigenvalue weighted by molar-refractivity contribution is -0.137. The molecule has 2 atom stereocenters. The van der Waals surface area contributed by atoms with Crippen LogP contribution < -0.4 is 5.32 Å². The van der Waals surface area contributed by atoms with Crippen LogP contribution in [0.2, 0.25) is 0 Å². The summed E-state index contributed by atoms with van der Waals surface area (Å²) in [5.41, 5.74) is 0. The highest BCUT2D eigenvalue weighted by molar-refractivity contribution is 5.66. The number of aliphatic hydroxyl groups excluding tert-OH is 2. The summed E-state index contributed by atoms with van der Waals surface area (Å²) < 4.78 is 0. The highest BCUT2D eigenvalue weighted by atomic mass is 16.4. The maximum Gasteiger partial charge on any atom is 0.303 e. The fourth-order valence-corrected chi connectivity index (χ4v) is 1.23. The van der Waals surface area contributed by atoms with Gasteiger partial charge in [0.15, 0.2) is 0 Å². The molecule has 5 heteroatoms. The van der Waals surface area contributed by atoms with Crippen LogP contribution in [0.15, 0.2) is 0 Å². The van der Waals surface area contributed by atoms with Crippen LogP contribution in [0.4, 0.5) is 0 Å². The minimum absolute atomic E-state index is 0.337. The SMILES string of the molecule is CC(O)NC(C)O.CCCCCCCC(=O)O. The molecule has 0 saturated heterocycles. The Morgan fingerprint density at radius 3 is 1.82 bits per heavy atom. The molecule has 0 saturated carbocycles. The van der Waals surface area contributed by atoms with Gasteiger partial charge in [0.2, 0.25) is 0 Å². The Bertz CT molecular complexity index is 166. The van der Waals surface area contributed by atoms with E-state index in [1.807, 2.05) is 0 Å². The van der Waals surface area contributed by atoms with Crippen molar-refractivity contribution in [2.45, 2.75) is 71.8 Å². The lowest BCUT2D eigenvalue weighted by Crippen LogP contribution is -2.33. The number of rotatable bonds is 8. The molecule has 4 N–H and O–H groups in total. The number of carboxylic acids is 1. The van der Waals surface area contributed by atoms with E-state index in [1.165, 1.54) is 19.3 Å². The summed E-state index contributed by atoms with van der Waals surface area (Å²) in [6.07, 6.45) is 4.63. The second-order valence-corrected chi connectivity index (χ2v) is 4.08. The average Bonchev–Trinajstić information content (AvgIpc) is 2.15. The van der Waals surface area contributed by atoms with Crippen molar-refractivity contribution in [1.29, 1.82) is 0 Å². The molecule has 0 aromatic heterocycles. The normalized spacial score (nSPS) is 13.5. The Hall–Kier alpha value is -0.650. The number of carbonyl (C=O) groups is 1. The van der Waals surface area contributed by atoms with Crippen LogP contribution in [0.3, 0.4) is 0 Å². The van der Waals surface area contributed by atoms with E-state index in [2.05, 4.69) is 12.2 Å². The van der Waals surface area contributed by atoms with E-state index < -0.39 is 18.4 Å². The molecule has 104 valence electrons. The maximum absolute atomic E-state index is 10.0. The lowest BCUT2D eigenvalue weighted by Gasteiger charge is -2.08. The first-order valence-corrected chi connectivity index (χ1v) is 6.24. The average molecular weight is 249 g/mol. The second-order valence-electron chi connectivity index (χ2n) is 4.08. The first kappa shape index (κ1) is 18.7. The minimum Gasteiger partial charge on any atom is -0.481 e. The number of aliphatic hydroxyl groups is 2. The van der Waals surface area contributed by atoms with E-state index in [1.54, 1.807) is 13.8 Å². The van der Waals surface area contributed by atoms with Crippen LogP contribution in [0.25, 0.3) is 0 Å². The Balaban J connectivity index is 0. The van der Waals surface area contributed by atoms with Gasteiger partial charge in [-0.3, -0.25) is 10.1 Å². The van der Waals surface area contributed by atoms with Gasteiger partial charge in [0.05, 0.1) is 0 Å². The van der Waals surface area contributed by atoms with Crippen LogP contribution in [0, 0.1) is 0 Å². The molecular weight excluding hydrogens is 222 g/mol. The molecule has 0 fully saturated rings. The van der Waals surface area contributed by atoms with Crippen LogP contribution in [0.5, 0.6) is 0 Å². The van der Waals surface area contributed by atoms with E-state index in [0.717, 1.165) is 12.8 Å². The smallest absolute Gasteiger partial charge is 0.303 e. The Labute approximate surface area is 104 Å². The van der Waals surface area contributed by atoms with Crippen LogP contribution in [-0.4, -0.2) is 33.7 Å². The summed E-state index contributed by atoms with van der Waals surface area (Å²) in [5, 5.41) is 27.6. The fourth-order valence-electron chi connectivity index (χ4n) is 1.23. The molecule has 0 heterocycles. The Morgan fingerprint density at radius 2 is 1.53 bits per heavy atom. The third-order valence-electron chi connectivity index (χ3n) is 1.98. The summed E-state index contributed by atoms with van der Waals surface area (Å²) >= 11 is 0. The van der Waals surface area contributed by atoms with Gasteiger partial charge in [0.25, 0.3) is 0 Å². The van der Waals surface area contributed by atoms with E-state index in [4.69, 9.17) is 15.3 Å². The highest BCUT2D eigenvalue weighted by Gasteiger charge is 1.95. The topological polar surface area (TPSA) is 89.8 Å². The van der Waals surface area contributed by atoms with Gasteiger partial charge in [-0.25, -0.2) is 0 Å². The molecule has 0 amide bonds. The third kappa shape index (κ3) is 25.5. The third-order valence-corrected chi connectivity index (χ3v) is 1.98. The molecule has 0 rings (SSSR count). The molecule has 0 aliphatic heterocycles. The Morgan fingerprint density at radius 1 is 1.06 bits per heavy atom. The molecule has 0 spiro atoms. The van der Waals surface area contributed by atoms with Gasteiger partial charge in [0, 0.05) is 6.42 Å². The van der Waals surface area contributed by atoms with Crippen molar-refractivity contribution in [2.75, 3.05) is 0 Å². The molecule has 0 aromatic rings. The second kappa shape index (κ2) is 13.4. The molecule has 5 nitrogen and oxygen atoms in total. The van der Waals surface area contributed by atoms with E-state index in [9.17, 15) is 4.79 Å². The van der Waals surface area contributed by atoms with Crippen molar-refractivity contribution >= 4 is 5.97 Å². The van der Waals surface area contributed by atoms with E-state index in [0.29, 0.717) is 6.42 Å². The van der Waals surface area contributed by atoms with Gasteiger partial charge in [0.1, 0.15) is 12.5 Å². The highest BCUT2D eigenvalue weighted by Crippen LogP contribution is 2.04. The van der Waals surface area contributed by atoms with Gasteiger partial charge >= 0.3 is 5.97 Å². The molecule has 0 aliphatic rings. The first-order chi connectivity index (χ1) is 7.90. The number of unbranched alkanes of at least 4 members (excludes halogenated alkanes) is 4. The summed E-state index contributed by atoms with van der Waals surface area (Å²) in [5.74, 6) is -0.670. The van der Waals surface area contributed by atoms with Gasteiger partial charge in [-0.1, -0.05) is 32.6 Å². The number of aliphatic carboxylic acids is 1. The van der Waals surface area contributed by atoms with Crippen molar-refractivity contribution in [2.24, 2.45) is 0 Å². The molecule has 2 unspecified atom stereocenters. The predicted molar refractivity (Wildman–Crippen MR) is 67.5 cm³/mol. The zero-order valence-corrected chi connectivity index (χ0v) is 11.1. The largest absolute Gasteiger partial charge is 0.481 e. The predicted octanol–water partition coefficient (Wildman–Crippen LogP) is 1.68. The van der Waals surface area contributed by atoms with Gasteiger partial charge in [-0.2, -0.15) is 0 Å². The van der Waals surface area contributed by atoms with Gasteiger partial charge in [-0.05, 0) is 20.3 Å². The van der Waals surface area contributed by atoms with Crippen molar-refractivity contribution < 1.29 is 20.1 Å². The van der Waals surface area contributed by atoms with Crippen LogP contribution >= 0.6 is 0 Å². The van der Waals surface area contributed by atoms with Crippen molar-refractivity contribution in [3.05, 3.63) is 0 Å². The molecular formula is C12H27NO4. The molecule has 17 heavy (non-hydrogen) atoms. The summed E-state index contributed by atoms with van der Waals surface area (Å²) in [6.45, 7) is 5.25. The number of nitrogens with one attached hydrogen (secondary N) is 1. The van der Waals surface area contributed by atoms with Crippen molar-refractivity contribution in [3.8, 4) is 0 Å². The summed E-state index contributed by atoms with van der Waals surface area (Å²) in [4.78, 5) is 10.0. The molecule has 0 radical (unpaired) electrons. The van der Waals surface area contributed by atoms with Crippen LogP contribution in [0.1, 0.15) is 59.3 Å².